The van der Waals surface area contributed by atoms with Crippen LogP contribution in [0.3, 0.4) is 0 Å². The zero-order chi connectivity index (χ0) is 21.8. The van der Waals surface area contributed by atoms with Crippen LogP contribution in [-0.2, 0) is 23.1 Å². The summed E-state index contributed by atoms with van der Waals surface area (Å²) >= 11 is 0. The van der Waals surface area contributed by atoms with Gasteiger partial charge >= 0.3 is 0 Å². The van der Waals surface area contributed by atoms with E-state index in [1.165, 1.54) is 18.4 Å². The Kier molecular flexibility index (Phi) is 5.75. The Hall–Kier alpha value is -3.41. The van der Waals surface area contributed by atoms with Crippen LogP contribution in [0.5, 0.6) is 0 Å². The van der Waals surface area contributed by atoms with Crippen molar-refractivity contribution in [3.05, 3.63) is 83.7 Å². The minimum Gasteiger partial charge on any atom is -0.425 e. The maximum absolute atomic E-state index is 12.6. The Morgan fingerprint density at radius 2 is 1.75 bits per heavy atom. The summed E-state index contributed by atoms with van der Waals surface area (Å²) in [6, 6.07) is 18.7. The van der Waals surface area contributed by atoms with Gasteiger partial charge in [0, 0.05) is 41.9 Å². The van der Waals surface area contributed by atoms with Crippen LogP contribution in [0.2, 0.25) is 0 Å². The number of fused-ring (bicyclic) bond motifs is 1. The molecule has 32 heavy (non-hydrogen) atoms. The van der Waals surface area contributed by atoms with E-state index in [4.69, 9.17) is 4.42 Å². The molecule has 6 nitrogen and oxygen atoms in total. The largest absolute Gasteiger partial charge is 0.425 e. The van der Waals surface area contributed by atoms with Crippen molar-refractivity contribution in [3.8, 4) is 0 Å². The van der Waals surface area contributed by atoms with Gasteiger partial charge in [-0.3, -0.25) is 4.79 Å². The van der Waals surface area contributed by atoms with Gasteiger partial charge in [0.1, 0.15) is 0 Å². The summed E-state index contributed by atoms with van der Waals surface area (Å²) in [6.45, 7) is 0.686. The smallest absolute Gasteiger partial charge is 0.221 e. The topological polar surface area (TPSA) is 83.8 Å². The molecule has 1 fully saturated rings. The van der Waals surface area contributed by atoms with E-state index in [1.54, 1.807) is 0 Å². The zero-order valence-corrected chi connectivity index (χ0v) is 18.1. The first-order valence-corrected chi connectivity index (χ1v) is 11.4. The molecule has 2 aromatic carbocycles. The van der Waals surface area contributed by atoms with Crippen LogP contribution in [0.25, 0.3) is 10.9 Å². The molecule has 6 heteroatoms. The van der Waals surface area contributed by atoms with Gasteiger partial charge in [0.25, 0.3) is 0 Å². The number of H-pyrrole nitrogens is 1. The molecule has 2 heterocycles. The lowest BCUT2D eigenvalue weighted by atomic mass is 9.79. The molecular formula is C26H28N4O2. The van der Waals surface area contributed by atoms with Gasteiger partial charge in [0.05, 0.1) is 6.42 Å². The molecule has 0 atom stereocenters. The lowest BCUT2D eigenvalue weighted by Gasteiger charge is -2.30. The molecule has 1 aliphatic rings. The second-order valence-corrected chi connectivity index (χ2v) is 8.76. The van der Waals surface area contributed by atoms with E-state index in [9.17, 15) is 4.79 Å². The average molecular weight is 429 g/mol. The number of aryl methyl sites for hydroxylation is 1. The number of hydrogen-bond acceptors (Lipinski definition) is 4. The Balaban J connectivity index is 1.15. The minimum absolute atomic E-state index is 0.0311. The average Bonchev–Trinajstić information content (AvgIpc) is 3.58. The van der Waals surface area contributed by atoms with Gasteiger partial charge in [-0.2, -0.15) is 0 Å². The molecule has 1 aliphatic carbocycles. The quantitative estimate of drug-likeness (QED) is 0.426. The van der Waals surface area contributed by atoms with Crippen LogP contribution in [0.4, 0.5) is 0 Å². The third kappa shape index (κ3) is 4.31. The molecule has 0 spiro atoms. The number of nitrogens with one attached hydrogen (secondary N) is 2. The van der Waals surface area contributed by atoms with Gasteiger partial charge in [0.15, 0.2) is 0 Å². The van der Waals surface area contributed by atoms with Crippen LogP contribution in [0.15, 0.2) is 65.2 Å². The van der Waals surface area contributed by atoms with Crippen molar-refractivity contribution in [2.45, 2.75) is 50.4 Å². The fourth-order valence-electron chi connectivity index (χ4n) is 4.89. The normalized spacial score (nSPS) is 15.2. The predicted octanol–water partition coefficient (Wildman–Crippen LogP) is 4.70. The van der Waals surface area contributed by atoms with Crippen molar-refractivity contribution in [1.82, 2.24) is 20.5 Å². The van der Waals surface area contributed by atoms with Crippen molar-refractivity contribution in [2.75, 3.05) is 6.54 Å². The summed E-state index contributed by atoms with van der Waals surface area (Å²) in [5.74, 6) is 1.11. The van der Waals surface area contributed by atoms with Crippen molar-refractivity contribution < 1.29 is 9.21 Å². The van der Waals surface area contributed by atoms with Crippen molar-refractivity contribution in [1.29, 1.82) is 0 Å². The fourth-order valence-corrected chi connectivity index (χ4v) is 4.89. The van der Waals surface area contributed by atoms with E-state index >= 15 is 0 Å². The molecule has 1 saturated carbocycles. The third-order valence-corrected chi connectivity index (χ3v) is 6.66. The number of carbonyl (C=O) groups excluding carboxylic acids is 1. The first-order valence-electron chi connectivity index (χ1n) is 11.4. The summed E-state index contributed by atoms with van der Waals surface area (Å²) < 4.78 is 5.81. The molecular weight excluding hydrogens is 400 g/mol. The van der Waals surface area contributed by atoms with Gasteiger partial charge < -0.3 is 14.7 Å². The highest BCUT2D eigenvalue weighted by molar-refractivity contribution is 5.83. The molecule has 1 amide bonds. The molecule has 164 valence electrons. The van der Waals surface area contributed by atoms with Gasteiger partial charge in [-0.1, -0.05) is 61.4 Å². The minimum atomic E-state index is 0.0311. The number of para-hydroxylation sites is 1. The maximum Gasteiger partial charge on any atom is 0.221 e. The van der Waals surface area contributed by atoms with Crippen molar-refractivity contribution in [3.63, 3.8) is 0 Å². The van der Waals surface area contributed by atoms with Crippen molar-refractivity contribution >= 4 is 16.8 Å². The number of amides is 1. The van der Waals surface area contributed by atoms with E-state index in [-0.39, 0.29) is 11.3 Å². The van der Waals surface area contributed by atoms with E-state index in [0.717, 1.165) is 29.3 Å². The number of aromatic amines is 1. The standard InChI is InChI=1S/C26H28N4O2/c31-23(28-18-26(14-6-7-15-26)20-8-2-1-3-9-20)12-13-24-29-30-25(32-24)16-19-17-27-22-11-5-4-10-21(19)22/h1-5,8-11,17,27H,6-7,12-16,18H2,(H,28,31). The lowest BCUT2D eigenvalue weighted by Crippen LogP contribution is -2.39. The summed E-state index contributed by atoms with van der Waals surface area (Å²) in [4.78, 5) is 15.8. The monoisotopic (exact) mass is 428 g/mol. The molecule has 5 rings (SSSR count). The molecule has 0 radical (unpaired) electrons. The number of aromatic nitrogens is 3. The summed E-state index contributed by atoms with van der Waals surface area (Å²) in [5, 5.41) is 12.6. The number of rotatable bonds is 8. The Morgan fingerprint density at radius 1 is 1.00 bits per heavy atom. The number of benzene rings is 2. The lowest BCUT2D eigenvalue weighted by molar-refractivity contribution is -0.121. The summed E-state index contributed by atoms with van der Waals surface area (Å²) in [6.07, 6.45) is 8.02. The fraction of sp³-hybridized carbons (Fsp3) is 0.346. The van der Waals surface area contributed by atoms with E-state index in [2.05, 4.69) is 50.8 Å². The summed E-state index contributed by atoms with van der Waals surface area (Å²) in [5.41, 5.74) is 3.61. The van der Waals surface area contributed by atoms with E-state index in [0.29, 0.717) is 37.6 Å². The Morgan fingerprint density at radius 3 is 2.59 bits per heavy atom. The third-order valence-electron chi connectivity index (χ3n) is 6.66. The van der Waals surface area contributed by atoms with Gasteiger partial charge in [-0.25, -0.2) is 0 Å². The molecule has 2 aromatic heterocycles. The molecule has 2 N–H and O–H groups in total. The SMILES string of the molecule is O=C(CCc1nnc(Cc2c[nH]c3ccccc23)o1)NCC1(c2ccccc2)CCCC1. The second-order valence-electron chi connectivity index (χ2n) is 8.76. The van der Waals surface area contributed by atoms with Crippen molar-refractivity contribution in [2.24, 2.45) is 0 Å². The Bertz CT molecular complexity index is 1190. The maximum atomic E-state index is 12.6. The van der Waals surface area contributed by atoms with E-state index < -0.39 is 0 Å². The number of hydrogen-bond donors (Lipinski definition) is 2. The Labute approximate surface area is 187 Å². The highest BCUT2D eigenvalue weighted by Gasteiger charge is 2.35. The highest BCUT2D eigenvalue weighted by atomic mass is 16.4. The predicted molar refractivity (Wildman–Crippen MR) is 123 cm³/mol. The first-order chi connectivity index (χ1) is 15.7. The molecule has 4 aromatic rings. The van der Waals surface area contributed by atoms with Crippen LogP contribution >= 0.6 is 0 Å². The van der Waals surface area contributed by atoms with Crippen LogP contribution < -0.4 is 5.32 Å². The molecule has 0 unspecified atom stereocenters. The highest BCUT2D eigenvalue weighted by Crippen LogP contribution is 2.40. The van der Waals surface area contributed by atoms with Gasteiger partial charge in [0.2, 0.25) is 17.7 Å². The molecule has 0 bridgehead atoms. The molecule has 0 aliphatic heterocycles. The van der Waals surface area contributed by atoms with E-state index in [1.807, 2.05) is 30.5 Å². The second kappa shape index (κ2) is 8.99. The van der Waals surface area contributed by atoms with Gasteiger partial charge in [-0.05, 0) is 30.0 Å². The zero-order valence-electron chi connectivity index (χ0n) is 18.1. The number of carbonyl (C=O) groups is 1. The van der Waals surface area contributed by atoms with Crippen LogP contribution in [-0.4, -0.2) is 27.6 Å². The first kappa shape index (κ1) is 20.5. The van der Waals surface area contributed by atoms with Crippen LogP contribution in [0, 0.1) is 0 Å². The summed E-state index contributed by atoms with van der Waals surface area (Å²) in [7, 11) is 0. The van der Waals surface area contributed by atoms with Crippen LogP contribution in [0.1, 0.15) is 55.0 Å². The number of nitrogens with zero attached hydrogens (tertiary/aromatic N) is 2. The van der Waals surface area contributed by atoms with Gasteiger partial charge in [-0.15, -0.1) is 10.2 Å². The molecule has 0 saturated heterocycles.